The molecule has 2 aromatic rings. The minimum atomic E-state index is -0.864. The van der Waals surface area contributed by atoms with Gasteiger partial charge in [-0.2, -0.15) is 0 Å². The number of rotatable bonds is 7. The van der Waals surface area contributed by atoms with E-state index in [4.69, 9.17) is 13.9 Å². The Hall–Kier alpha value is -2.74. The van der Waals surface area contributed by atoms with E-state index in [1.54, 1.807) is 36.4 Å². The van der Waals surface area contributed by atoms with Crippen LogP contribution in [0.3, 0.4) is 0 Å². The highest BCUT2D eigenvalue weighted by atomic mass is 32.2. The van der Waals surface area contributed by atoms with Crippen molar-refractivity contribution >= 4 is 29.6 Å². The number of cyclic esters (lactones) is 1. The number of amides is 1. The molecule has 0 unspecified atom stereocenters. The molecule has 0 radical (unpaired) electrons. The van der Waals surface area contributed by atoms with Crippen molar-refractivity contribution in [1.82, 2.24) is 5.32 Å². The highest BCUT2D eigenvalue weighted by Gasteiger charge is 2.31. The molecule has 136 valence electrons. The highest BCUT2D eigenvalue weighted by molar-refractivity contribution is 8.00. The van der Waals surface area contributed by atoms with Gasteiger partial charge in [-0.3, -0.25) is 4.79 Å². The fourth-order valence-corrected chi connectivity index (χ4v) is 3.20. The largest absolute Gasteiger partial charge is 0.467 e. The number of thioether (sulfide) groups is 1. The van der Waals surface area contributed by atoms with Crippen LogP contribution in [0.1, 0.15) is 22.5 Å². The number of ether oxygens (including phenoxy) is 2. The van der Waals surface area contributed by atoms with E-state index in [2.05, 4.69) is 5.32 Å². The van der Waals surface area contributed by atoms with Gasteiger partial charge in [0, 0.05) is 11.3 Å². The van der Waals surface area contributed by atoms with Crippen molar-refractivity contribution < 1.29 is 28.3 Å². The Morgan fingerprint density at radius 1 is 1.23 bits per heavy atom. The molecule has 0 aliphatic carbocycles. The molecule has 7 nitrogen and oxygen atoms in total. The lowest BCUT2D eigenvalue weighted by Crippen LogP contribution is -2.25. The average molecular weight is 375 g/mol. The lowest BCUT2D eigenvalue weighted by molar-refractivity contribution is -0.145. The maximum absolute atomic E-state index is 12.3. The lowest BCUT2D eigenvalue weighted by atomic mass is 10.2. The Morgan fingerprint density at radius 3 is 2.81 bits per heavy atom. The molecule has 1 atom stereocenters. The number of esters is 2. The molecule has 8 heteroatoms. The number of hydrogen-bond acceptors (Lipinski definition) is 7. The summed E-state index contributed by atoms with van der Waals surface area (Å²) in [5.41, 5.74) is 0.316. The fourth-order valence-electron chi connectivity index (χ4n) is 2.33. The molecule has 2 heterocycles. The number of benzene rings is 1. The van der Waals surface area contributed by atoms with Gasteiger partial charge in [0.1, 0.15) is 5.76 Å². The van der Waals surface area contributed by atoms with Gasteiger partial charge in [-0.15, -0.1) is 11.8 Å². The molecule has 26 heavy (non-hydrogen) atoms. The van der Waals surface area contributed by atoms with Gasteiger partial charge in [0.25, 0.3) is 0 Å². The SMILES string of the molecule is O=C(CSc1ccccc1C(=O)O[C@H]1CCOC1=O)NCc1ccco1. The molecule has 0 saturated carbocycles. The molecule has 1 amide bonds. The molecular formula is C18H17NO6S. The summed E-state index contributed by atoms with van der Waals surface area (Å²) in [5, 5.41) is 2.74. The third-order valence-corrected chi connectivity index (χ3v) is 4.72. The van der Waals surface area contributed by atoms with Gasteiger partial charge in [0.2, 0.25) is 12.0 Å². The molecule has 0 bridgehead atoms. The van der Waals surface area contributed by atoms with Crippen molar-refractivity contribution in [2.75, 3.05) is 12.4 Å². The minimum Gasteiger partial charge on any atom is -0.467 e. The first-order chi connectivity index (χ1) is 12.6. The molecule has 3 rings (SSSR count). The van der Waals surface area contributed by atoms with Crippen molar-refractivity contribution in [1.29, 1.82) is 0 Å². The first kappa shape index (κ1) is 18.1. The van der Waals surface area contributed by atoms with Crippen LogP contribution < -0.4 is 5.32 Å². The zero-order valence-electron chi connectivity index (χ0n) is 13.8. The zero-order chi connectivity index (χ0) is 18.4. The third-order valence-electron chi connectivity index (χ3n) is 3.64. The molecule has 1 aliphatic heterocycles. The predicted octanol–water partition coefficient (Wildman–Crippen LogP) is 2.16. The number of hydrogen-bond donors (Lipinski definition) is 1. The van der Waals surface area contributed by atoms with Gasteiger partial charge in [0.15, 0.2) is 0 Å². The van der Waals surface area contributed by atoms with Crippen LogP contribution in [-0.4, -0.2) is 36.3 Å². The summed E-state index contributed by atoms with van der Waals surface area (Å²) in [4.78, 5) is 36.4. The lowest BCUT2D eigenvalue weighted by Gasteiger charge is -2.11. The van der Waals surface area contributed by atoms with Crippen LogP contribution in [0.5, 0.6) is 0 Å². The Bertz CT molecular complexity index is 789. The molecule has 1 fully saturated rings. The van der Waals surface area contributed by atoms with Gasteiger partial charge in [0.05, 0.1) is 30.7 Å². The van der Waals surface area contributed by atoms with Crippen LogP contribution in [0, 0.1) is 0 Å². The standard InChI is InChI=1S/C18H17NO6S/c20-16(19-10-12-4-3-8-23-12)11-26-15-6-2-1-5-13(15)17(21)25-14-7-9-24-18(14)22/h1-6,8,14H,7,9-11H2,(H,19,20)/t14-/m0/s1. The van der Waals surface area contributed by atoms with E-state index in [0.717, 1.165) is 0 Å². The van der Waals surface area contributed by atoms with Crippen molar-refractivity contribution in [2.45, 2.75) is 24.0 Å². The highest BCUT2D eigenvalue weighted by Crippen LogP contribution is 2.24. The smallest absolute Gasteiger partial charge is 0.347 e. The molecule has 1 saturated heterocycles. The van der Waals surface area contributed by atoms with Gasteiger partial charge in [-0.25, -0.2) is 9.59 Å². The molecule has 1 aromatic carbocycles. The Morgan fingerprint density at radius 2 is 2.08 bits per heavy atom. The Kier molecular flexibility index (Phi) is 5.96. The second-order valence-corrected chi connectivity index (χ2v) is 6.51. The number of carbonyl (C=O) groups excluding carboxylic acids is 3. The predicted molar refractivity (Wildman–Crippen MR) is 92.5 cm³/mol. The van der Waals surface area contributed by atoms with Crippen molar-refractivity contribution in [3.05, 3.63) is 54.0 Å². The van der Waals surface area contributed by atoms with Gasteiger partial charge >= 0.3 is 11.9 Å². The first-order valence-corrected chi connectivity index (χ1v) is 9.00. The Labute approximate surface area is 154 Å². The zero-order valence-corrected chi connectivity index (χ0v) is 14.6. The fraction of sp³-hybridized carbons (Fsp3) is 0.278. The monoisotopic (exact) mass is 375 g/mol. The maximum Gasteiger partial charge on any atom is 0.347 e. The summed E-state index contributed by atoms with van der Waals surface area (Å²) in [6.07, 6.45) is 1.03. The molecule has 1 N–H and O–H groups in total. The Balaban J connectivity index is 1.55. The number of carbonyl (C=O) groups is 3. The van der Waals surface area contributed by atoms with E-state index in [9.17, 15) is 14.4 Å². The first-order valence-electron chi connectivity index (χ1n) is 8.02. The summed E-state index contributed by atoms with van der Waals surface area (Å²) >= 11 is 1.22. The quantitative estimate of drug-likeness (QED) is 0.585. The topological polar surface area (TPSA) is 94.8 Å². The van der Waals surface area contributed by atoms with Gasteiger partial charge < -0.3 is 19.2 Å². The second-order valence-electron chi connectivity index (χ2n) is 5.49. The number of nitrogens with one attached hydrogen (secondary N) is 1. The third kappa shape index (κ3) is 4.66. The van der Waals surface area contributed by atoms with Crippen LogP contribution in [0.15, 0.2) is 52.0 Å². The summed E-state index contributed by atoms with van der Waals surface area (Å²) in [5.74, 6) is -0.519. The van der Waals surface area contributed by atoms with E-state index in [1.807, 2.05) is 0 Å². The number of furan rings is 1. The molecule has 0 spiro atoms. The van der Waals surface area contributed by atoms with Gasteiger partial charge in [-0.1, -0.05) is 12.1 Å². The van der Waals surface area contributed by atoms with E-state index in [-0.39, 0.29) is 18.3 Å². The van der Waals surface area contributed by atoms with Gasteiger partial charge in [-0.05, 0) is 24.3 Å². The van der Waals surface area contributed by atoms with Crippen molar-refractivity contribution in [3.63, 3.8) is 0 Å². The van der Waals surface area contributed by atoms with E-state index >= 15 is 0 Å². The molecular weight excluding hydrogens is 358 g/mol. The van der Waals surface area contributed by atoms with E-state index in [0.29, 0.717) is 29.2 Å². The van der Waals surface area contributed by atoms with Crippen LogP contribution in [-0.2, 0) is 25.6 Å². The molecule has 1 aliphatic rings. The summed E-state index contributed by atoms with van der Waals surface area (Å²) in [6.45, 7) is 0.558. The van der Waals surface area contributed by atoms with E-state index in [1.165, 1.54) is 18.0 Å². The van der Waals surface area contributed by atoms with Crippen molar-refractivity contribution in [2.24, 2.45) is 0 Å². The average Bonchev–Trinajstić information content (AvgIpc) is 3.30. The second kappa shape index (κ2) is 8.57. The summed E-state index contributed by atoms with van der Waals surface area (Å²) < 4.78 is 15.1. The van der Waals surface area contributed by atoms with Crippen LogP contribution in [0.2, 0.25) is 0 Å². The van der Waals surface area contributed by atoms with E-state index < -0.39 is 18.0 Å². The van der Waals surface area contributed by atoms with Crippen LogP contribution in [0.25, 0.3) is 0 Å². The van der Waals surface area contributed by atoms with Crippen molar-refractivity contribution in [3.8, 4) is 0 Å². The van der Waals surface area contributed by atoms with Crippen LogP contribution >= 0.6 is 11.8 Å². The normalized spacial score (nSPS) is 16.2. The summed E-state index contributed by atoms with van der Waals surface area (Å²) in [6, 6.07) is 10.3. The maximum atomic E-state index is 12.3. The minimum absolute atomic E-state index is 0.135. The molecule has 1 aromatic heterocycles. The van der Waals surface area contributed by atoms with Crippen LogP contribution in [0.4, 0.5) is 0 Å². The summed E-state index contributed by atoms with van der Waals surface area (Å²) in [7, 11) is 0.